The van der Waals surface area contributed by atoms with Gasteiger partial charge in [-0.3, -0.25) is 0 Å². The van der Waals surface area contributed by atoms with Gasteiger partial charge in [0.2, 0.25) is 0 Å². The molecule has 5 nitrogen and oxygen atoms in total. The largest absolute Gasteiger partial charge is 0.489 e. The lowest BCUT2D eigenvalue weighted by atomic mass is 10.1. The van der Waals surface area contributed by atoms with Gasteiger partial charge in [-0.1, -0.05) is 29.8 Å². The molecule has 0 atom stereocenters. The van der Waals surface area contributed by atoms with Crippen LogP contribution in [0.2, 0.25) is 5.15 Å². The Balaban J connectivity index is 1.45. The first-order valence-corrected chi connectivity index (χ1v) is 11.8. The van der Waals surface area contributed by atoms with Crippen molar-refractivity contribution in [2.24, 2.45) is 0 Å². The van der Waals surface area contributed by atoms with Gasteiger partial charge in [0.1, 0.15) is 29.9 Å². The summed E-state index contributed by atoms with van der Waals surface area (Å²) in [5.74, 6) is 0.470. The molecule has 4 aromatic rings. The zero-order valence-electron chi connectivity index (χ0n) is 18.4. The molecule has 0 bridgehead atoms. The molecule has 0 aliphatic heterocycles. The molecule has 0 radical (unpaired) electrons. The number of thiophene rings is 1. The normalized spacial score (nSPS) is 11.5. The minimum Gasteiger partial charge on any atom is -0.489 e. The van der Waals surface area contributed by atoms with Crippen molar-refractivity contribution in [3.8, 4) is 11.5 Å². The smallest absolute Gasteiger partial charge is 0.416 e. The van der Waals surface area contributed by atoms with Crippen molar-refractivity contribution in [1.82, 2.24) is 4.98 Å². The topological polar surface area (TPSA) is 57.7 Å². The Morgan fingerprint density at radius 1 is 1.06 bits per heavy atom. The van der Waals surface area contributed by atoms with Gasteiger partial charge in [0.15, 0.2) is 0 Å². The highest BCUT2D eigenvalue weighted by Gasteiger charge is 2.30. The summed E-state index contributed by atoms with van der Waals surface area (Å²) < 4.78 is 56.1. The van der Waals surface area contributed by atoms with Gasteiger partial charge in [0.25, 0.3) is 0 Å². The first-order chi connectivity index (χ1) is 16.8. The fraction of sp³-hybridized carbons (Fsp3) is 0.200. The first kappa shape index (κ1) is 24.8. The fourth-order valence-corrected chi connectivity index (χ4v) is 4.72. The van der Waals surface area contributed by atoms with Crippen LogP contribution in [0.3, 0.4) is 0 Å². The molecule has 0 spiro atoms. The number of carbonyl (C=O) groups excluding carboxylic acids is 1. The second-order valence-electron chi connectivity index (χ2n) is 7.40. The second-order valence-corrected chi connectivity index (χ2v) is 8.64. The molecule has 35 heavy (non-hydrogen) atoms. The van der Waals surface area contributed by atoms with E-state index in [2.05, 4.69) is 4.98 Å². The second kappa shape index (κ2) is 10.5. The van der Waals surface area contributed by atoms with E-state index < -0.39 is 17.7 Å². The number of benzene rings is 2. The van der Waals surface area contributed by atoms with Crippen LogP contribution in [0, 0.1) is 0 Å². The molecule has 10 heteroatoms. The Morgan fingerprint density at radius 3 is 2.49 bits per heavy atom. The van der Waals surface area contributed by atoms with Gasteiger partial charge in [-0.25, -0.2) is 9.78 Å². The minimum absolute atomic E-state index is 0.0273. The molecule has 0 unspecified atom stereocenters. The van der Waals surface area contributed by atoms with Crippen LogP contribution in [0.4, 0.5) is 13.2 Å². The molecule has 4 rings (SSSR count). The monoisotopic (exact) mass is 521 g/mol. The third-order valence-corrected chi connectivity index (χ3v) is 6.33. The number of nitrogens with zero attached hydrogens (tertiary/aromatic N) is 1. The van der Waals surface area contributed by atoms with Gasteiger partial charge in [0.05, 0.1) is 22.4 Å². The van der Waals surface area contributed by atoms with Crippen LogP contribution < -0.4 is 9.47 Å². The summed E-state index contributed by atoms with van der Waals surface area (Å²) in [5, 5.41) is 2.72. The summed E-state index contributed by atoms with van der Waals surface area (Å²) in [7, 11) is 0. The molecular weight excluding hydrogens is 503 g/mol. The molecule has 2 heterocycles. The third kappa shape index (κ3) is 5.86. The van der Waals surface area contributed by atoms with Gasteiger partial charge in [-0.05, 0) is 42.1 Å². The Kier molecular flexibility index (Phi) is 7.47. The molecule has 0 fully saturated rings. The van der Waals surface area contributed by atoms with Gasteiger partial charge >= 0.3 is 12.1 Å². The van der Waals surface area contributed by atoms with Gasteiger partial charge in [0, 0.05) is 23.2 Å². The molecule has 182 valence electrons. The van der Waals surface area contributed by atoms with Crippen LogP contribution in [-0.4, -0.2) is 17.6 Å². The van der Waals surface area contributed by atoms with Crippen LogP contribution in [0.15, 0.2) is 60.1 Å². The first-order valence-electron chi connectivity index (χ1n) is 10.5. The van der Waals surface area contributed by atoms with Crippen molar-refractivity contribution in [2.75, 3.05) is 6.61 Å². The van der Waals surface area contributed by atoms with E-state index in [9.17, 15) is 18.0 Å². The minimum atomic E-state index is -4.41. The molecule has 0 aliphatic rings. The maximum atomic E-state index is 12.9. The summed E-state index contributed by atoms with van der Waals surface area (Å²) in [6.45, 7) is 2.10. The van der Waals surface area contributed by atoms with Crippen LogP contribution in [0.25, 0.3) is 10.1 Å². The quantitative estimate of drug-likeness (QED) is 0.180. The Morgan fingerprint density at radius 2 is 1.77 bits per heavy atom. The predicted molar refractivity (Wildman–Crippen MR) is 127 cm³/mol. The summed E-state index contributed by atoms with van der Waals surface area (Å²) >= 11 is 7.65. The average molecular weight is 522 g/mol. The fourth-order valence-electron chi connectivity index (χ4n) is 3.34. The Hall–Kier alpha value is -3.30. The van der Waals surface area contributed by atoms with E-state index in [0.29, 0.717) is 32.7 Å². The summed E-state index contributed by atoms with van der Waals surface area (Å²) in [4.78, 5) is 16.3. The maximum Gasteiger partial charge on any atom is 0.416 e. The molecule has 0 amide bonds. The van der Waals surface area contributed by atoms with Crippen LogP contribution in [-0.2, 0) is 24.1 Å². The van der Waals surface area contributed by atoms with Crippen molar-refractivity contribution in [1.29, 1.82) is 0 Å². The molecular formula is C25H19ClF3NO4S. The van der Waals surface area contributed by atoms with E-state index >= 15 is 0 Å². The number of pyridine rings is 1. The van der Waals surface area contributed by atoms with Crippen LogP contribution in [0.1, 0.15) is 34.0 Å². The molecule has 0 saturated heterocycles. The van der Waals surface area contributed by atoms with E-state index in [1.807, 2.05) is 5.38 Å². The molecule has 2 aromatic heterocycles. The van der Waals surface area contributed by atoms with Crippen LogP contribution >= 0.6 is 22.9 Å². The van der Waals surface area contributed by atoms with Gasteiger partial charge in [-0.15, -0.1) is 11.3 Å². The van der Waals surface area contributed by atoms with Gasteiger partial charge in [-0.2, -0.15) is 13.2 Å². The number of aromatic nitrogens is 1. The molecule has 0 N–H and O–H groups in total. The zero-order valence-corrected chi connectivity index (χ0v) is 20.0. The lowest BCUT2D eigenvalue weighted by Gasteiger charge is -2.11. The summed E-state index contributed by atoms with van der Waals surface area (Å²) in [5.41, 5.74) is 0.768. The molecule has 0 saturated carbocycles. The van der Waals surface area contributed by atoms with Crippen molar-refractivity contribution in [2.45, 2.75) is 26.3 Å². The van der Waals surface area contributed by atoms with E-state index in [1.54, 1.807) is 37.3 Å². The van der Waals surface area contributed by atoms with E-state index in [4.69, 9.17) is 25.8 Å². The Labute approximate surface area is 208 Å². The number of hydrogen-bond acceptors (Lipinski definition) is 6. The van der Waals surface area contributed by atoms with E-state index in [1.165, 1.54) is 23.6 Å². The van der Waals surface area contributed by atoms with Crippen molar-refractivity contribution in [3.05, 3.63) is 87.5 Å². The van der Waals surface area contributed by atoms with Crippen molar-refractivity contribution in [3.63, 3.8) is 0 Å². The highest BCUT2D eigenvalue weighted by Crippen LogP contribution is 2.35. The number of fused-ring (bicyclic) bond motifs is 1. The SMILES string of the molecule is CCOC(=O)c1cnc(Cl)c2c(COc3cccc(OCc4cccc(C(F)(F)F)c4)c3)csc12. The number of rotatable bonds is 8. The summed E-state index contributed by atoms with van der Waals surface area (Å²) in [6.07, 6.45) is -3.01. The predicted octanol–water partition coefficient (Wildman–Crippen LogP) is 7.30. The number of alkyl halides is 3. The van der Waals surface area contributed by atoms with Gasteiger partial charge < -0.3 is 14.2 Å². The number of carbonyl (C=O) groups is 1. The average Bonchev–Trinajstić information content (AvgIpc) is 3.27. The zero-order chi connectivity index (χ0) is 25.0. The standard InChI is InChI=1S/C25H19ClF3NO4S/c1-2-32-24(31)20-11-30-23(26)21-16(14-35-22(20)21)13-34-19-8-4-7-18(10-19)33-12-15-5-3-6-17(9-15)25(27,28)29/h3-11,14H,2,12-13H2,1H3. The van der Waals surface area contributed by atoms with E-state index in [0.717, 1.165) is 17.7 Å². The highest BCUT2D eigenvalue weighted by atomic mass is 35.5. The van der Waals surface area contributed by atoms with E-state index in [-0.39, 0.29) is 25.0 Å². The number of hydrogen-bond donors (Lipinski definition) is 0. The lowest BCUT2D eigenvalue weighted by molar-refractivity contribution is -0.137. The lowest BCUT2D eigenvalue weighted by Crippen LogP contribution is -2.06. The van der Waals surface area contributed by atoms with Crippen LogP contribution in [0.5, 0.6) is 11.5 Å². The maximum absolute atomic E-state index is 12.9. The summed E-state index contributed by atoms with van der Waals surface area (Å²) in [6, 6.07) is 11.8. The number of esters is 1. The number of ether oxygens (including phenoxy) is 3. The third-order valence-electron chi connectivity index (χ3n) is 4.98. The molecule has 0 aliphatic carbocycles. The number of halogens is 4. The van der Waals surface area contributed by atoms with Crippen molar-refractivity contribution >= 4 is 39.0 Å². The highest BCUT2D eigenvalue weighted by molar-refractivity contribution is 7.17. The molecule has 2 aromatic carbocycles. The van der Waals surface area contributed by atoms with Crippen molar-refractivity contribution < 1.29 is 32.2 Å². The Bertz CT molecular complexity index is 1360.